The lowest BCUT2D eigenvalue weighted by Crippen LogP contribution is -1.96. The summed E-state index contributed by atoms with van der Waals surface area (Å²) in [6.07, 6.45) is 0. The Balaban J connectivity index is 2.06. The molecule has 2 aromatic rings. The summed E-state index contributed by atoms with van der Waals surface area (Å²) in [5.41, 5.74) is 8.04. The van der Waals surface area contributed by atoms with Crippen LogP contribution in [0.25, 0.3) is 0 Å². The van der Waals surface area contributed by atoms with Crippen molar-refractivity contribution in [3.05, 3.63) is 49.6 Å². The van der Waals surface area contributed by atoms with E-state index in [9.17, 15) is 0 Å². The van der Waals surface area contributed by atoms with E-state index in [1.165, 1.54) is 20.9 Å². The van der Waals surface area contributed by atoms with Gasteiger partial charge in [-0.1, -0.05) is 15.9 Å². The number of thiophene rings is 1. The SMILES string of the molecule is Cc1cc(OCc2cc(CN)sc2C)ccc1Br. The van der Waals surface area contributed by atoms with E-state index >= 15 is 0 Å². The fraction of sp³-hybridized carbons (Fsp3) is 0.286. The van der Waals surface area contributed by atoms with Crippen LogP contribution in [0.15, 0.2) is 28.7 Å². The van der Waals surface area contributed by atoms with E-state index in [4.69, 9.17) is 10.5 Å². The molecule has 1 aromatic carbocycles. The van der Waals surface area contributed by atoms with Gasteiger partial charge < -0.3 is 10.5 Å². The Kier molecular flexibility index (Phi) is 4.43. The van der Waals surface area contributed by atoms with Gasteiger partial charge in [0, 0.05) is 26.3 Å². The summed E-state index contributed by atoms with van der Waals surface area (Å²) in [7, 11) is 0. The van der Waals surface area contributed by atoms with Crippen LogP contribution >= 0.6 is 27.3 Å². The maximum atomic E-state index is 5.81. The molecule has 1 heterocycles. The molecule has 0 radical (unpaired) electrons. The van der Waals surface area contributed by atoms with Crippen LogP contribution < -0.4 is 10.5 Å². The van der Waals surface area contributed by atoms with Crippen molar-refractivity contribution < 1.29 is 4.74 Å². The second-order valence-electron chi connectivity index (χ2n) is 4.20. The number of hydrogen-bond donors (Lipinski definition) is 1. The first-order valence-corrected chi connectivity index (χ1v) is 7.38. The monoisotopic (exact) mass is 325 g/mol. The highest BCUT2D eigenvalue weighted by Gasteiger charge is 2.06. The quantitative estimate of drug-likeness (QED) is 0.915. The summed E-state index contributed by atoms with van der Waals surface area (Å²) in [4.78, 5) is 2.49. The molecule has 0 saturated carbocycles. The van der Waals surface area contributed by atoms with Gasteiger partial charge in [0.1, 0.15) is 12.4 Å². The first-order valence-electron chi connectivity index (χ1n) is 5.77. The maximum Gasteiger partial charge on any atom is 0.120 e. The fourth-order valence-corrected chi connectivity index (χ4v) is 2.87. The lowest BCUT2D eigenvalue weighted by molar-refractivity contribution is 0.306. The average Bonchev–Trinajstić information content (AvgIpc) is 2.72. The van der Waals surface area contributed by atoms with E-state index in [0.717, 1.165) is 10.2 Å². The Morgan fingerprint density at radius 2 is 2.06 bits per heavy atom. The second kappa shape index (κ2) is 5.87. The van der Waals surface area contributed by atoms with Crippen molar-refractivity contribution in [1.82, 2.24) is 0 Å². The van der Waals surface area contributed by atoms with Crippen molar-refractivity contribution in [3.63, 3.8) is 0 Å². The highest BCUT2D eigenvalue weighted by Crippen LogP contribution is 2.25. The largest absolute Gasteiger partial charge is 0.489 e. The van der Waals surface area contributed by atoms with Gasteiger partial charge in [-0.3, -0.25) is 0 Å². The zero-order valence-corrected chi connectivity index (χ0v) is 12.9. The molecule has 0 atom stereocenters. The van der Waals surface area contributed by atoms with E-state index in [1.807, 2.05) is 18.2 Å². The van der Waals surface area contributed by atoms with Crippen molar-refractivity contribution in [2.24, 2.45) is 5.73 Å². The summed E-state index contributed by atoms with van der Waals surface area (Å²) in [5.74, 6) is 0.899. The lowest BCUT2D eigenvalue weighted by Gasteiger charge is -2.07. The van der Waals surface area contributed by atoms with Gasteiger partial charge in [-0.05, 0) is 43.7 Å². The first-order chi connectivity index (χ1) is 8.60. The molecule has 0 amide bonds. The molecule has 0 unspecified atom stereocenters. The van der Waals surface area contributed by atoms with Crippen LogP contribution in [0, 0.1) is 13.8 Å². The Morgan fingerprint density at radius 1 is 1.28 bits per heavy atom. The standard InChI is InChI=1S/C14H16BrNOS/c1-9-5-12(3-4-14(9)15)17-8-11-6-13(7-16)18-10(11)2/h3-6H,7-8,16H2,1-2H3. The van der Waals surface area contributed by atoms with Gasteiger partial charge in [-0.25, -0.2) is 0 Å². The molecule has 4 heteroatoms. The molecule has 0 aliphatic carbocycles. The molecule has 0 bridgehead atoms. The molecule has 0 saturated heterocycles. The van der Waals surface area contributed by atoms with E-state index in [-0.39, 0.29) is 0 Å². The molecular weight excluding hydrogens is 310 g/mol. The third-order valence-electron chi connectivity index (χ3n) is 2.80. The molecule has 0 aliphatic heterocycles. The summed E-state index contributed by atoms with van der Waals surface area (Å²) >= 11 is 5.22. The first kappa shape index (κ1) is 13.6. The van der Waals surface area contributed by atoms with E-state index in [1.54, 1.807) is 11.3 Å². The molecule has 0 spiro atoms. The zero-order valence-electron chi connectivity index (χ0n) is 10.5. The molecule has 0 fully saturated rings. The number of rotatable bonds is 4. The van der Waals surface area contributed by atoms with Crippen LogP contribution in [0.3, 0.4) is 0 Å². The molecule has 1 aromatic heterocycles. The predicted molar refractivity (Wildman–Crippen MR) is 80.2 cm³/mol. The number of nitrogens with two attached hydrogens (primary N) is 1. The number of benzene rings is 1. The van der Waals surface area contributed by atoms with Crippen LogP contribution in [-0.2, 0) is 13.2 Å². The number of hydrogen-bond acceptors (Lipinski definition) is 3. The summed E-state index contributed by atoms with van der Waals surface area (Å²) in [5, 5.41) is 0. The summed E-state index contributed by atoms with van der Waals surface area (Å²) in [6.45, 7) is 5.36. The van der Waals surface area contributed by atoms with Crippen molar-refractivity contribution in [2.75, 3.05) is 0 Å². The van der Waals surface area contributed by atoms with Gasteiger partial charge in [0.2, 0.25) is 0 Å². The van der Waals surface area contributed by atoms with Crippen LogP contribution in [0.2, 0.25) is 0 Å². The van der Waals surface area contributed by atoms with Gasteiger partial charge in [-0.2, -0.15) is 0 Å². The van der Waals surface area contributed by atoms with Crippen LogP contribution in [0.4, 0.5) is 0 Å². The molecular formula is C14H16BrNOS. The van der Waals surface area contributed by atoms with Crippen LogP contribution in [0.5, 0.6) is 5.75 Å². The minimum Gasteiger partial charge on any atom is -0.489 e. The van der Waals surface area contributed by atoms with Crippen molar-refractivity contribution >= 4 is 27.3 Å². The molecule has 2 nitrogen and oxygen atoms in total. The van der Waals surface area contributed by atoms with Crippen molar-refractivity contribution in [3.8, 4) is 5.75 Å². The number of ether oxygens (including phenoxy) is 1. The second-order valence-corrected chi connectivity index (χ2v) is 6.39. The lowest BCUT2D eigenvalue weighted by atomic mass is 10.2. The average molecular weight is 326 g/mol. The van der Waals surface area contributed by atoms with Gasteiger partial charge in [-0.15, -0.1) is 11.3 Å². The van der Waals surface area contributed by atoms with Crippen LogP contribution in [0.1, 0.15) is 20.9 Å². The number of halogens is 1. The highest BCUT2D eigenvalue weighted by atomic mass is 79.9. The zero-order chi connectivity index (χ0) is 13.1. The summed E-state index contributed by atoms with van der Waals surface area (Å²) in [6, 6.07) is 8.15. The molecule has 0 aliphatic rings. The van der Waals surface area contributed by atoms with Crippen LogP contribution in [-0.4, -0.2) is 0 Å². The maximum absolute atomic E-state index is 5.81. The van der Waals surface area contributed by atoms with E-state index < -0.39 is 0 Å². The van der Waals surface area contributed by atoms with Gasteiger partial charge in [0.15, 0.2) is 0 Å². The molecule has 2 rings (SSSR count). The molecule has 18 heavy (non-hydrogen) atoms. The highest BCUT2D eigenvalue weighted by molar-refractivity contribution is 9.10. The summed E-state index contributed by atoms with van der Waals surface area (Å²) < 4.78 is 6.92. The smallest absolute Gasteiger partial charge is 0.120 e. The Bertz CT molecular complexity index is 551. The Hall–Kier alpha value is -0.840. The van der Waals surface area contributed by atoms with E-state index in [2.05, 4.69) is 35.8 Å². The fourth-order valence-electron chi connectivity index (χ4n) is 1.70. The van der Waals surface area contributed by atoms with E-state index in [0.29, 0.717) is 13.2 Å². The Morgan fingerprint density at radius 3 is 2.67 bits per heavy atom. The topological polar surface area (TPSA) is 35.2 Å². The van der Waals surface area contributed by atoms with Crippen molar-refractivity contribution in [1.29, 1.82) is 0 Å². The molecule has 2 N–H and O–H groups in total. The third-order valence-corrected chi connectivity index (χ3v) is 4.80. The molecule has 96 valence electrons. The predicted octanol–water partition coefficient (Wildman–Crippen LogP) is 4.17. The van der Waals surface area contributed by atoms with Gasteiger partial charge >= 0.3 is 0 Å². The third kappa shape index (κ3) is 3.13. The van der Waals surface area contributed by atoms with Crippen molar-refractivity contribution in [2.45, 2.75) is 27.0 Å². The number of aryl methyl sites for hydroxylation is 2. The van der Waals surface area contributed by atoms with Gasteiger partial charge in [0.25, 0.3) is 0 Å². The minimum atomic E-state index is 0.600. The minimum absolute atomic E-state index is 0.600. The Labute approximate surface area is 120 Å². The normalized spacial score (nSPS) is 10.7. The van der Waals surface area contributed by atoms with Gasteiger partial charge in [0.05, 0.1) is 0 Å².